The van der Waals surface area contributed by atoms with Crippen LogP contribution >= 0.6 is 0 Å². The topological polar surface area (TPSA) is 52.0 Å². The van der Waals surface area contributed by atoms with Crippen LogP contribution in [-0.4, -0.2) is 34.2 Å². The molecule has 2 heterocycles. The summed E-state index contributed by atoms with van der Waals surface area (Å²) in [4.78, 5) is 1.81. The number of ether oxygens (including phenoxy) is 1. The molecule has 1 aliphatic heterocycles. The molecule has 0 aliphatic carbocycles. The fourth-order valence-electron chi connectivity index (χ4n) is 3.49. The number of hydrogen-bond donors (Lipinski definition) is 1. The normalized spacial score (nSPS) is 16.7. The summed E-state index contributed by atoms with van der Waals surface area (Å²) in [6.07, 6.45) is 2.62. The maximum absolute atomic E-state index is 5.70. The zero-order chi connectivity index (χ0) is 18.5. The number of aryl methyl sites for hydroxylation is 1. The highest BCUT2D eigenvalue weighted by molar-refractivity contribution is 5.60. The SMILES string of the molecule is Cc1ccccc1Cn1nc(CNC[C@H]2CCCO2)c(-c2ccccc2)n1. The van der Waals surface area contributed by atoms with Gasteiger partial charge in [-0.2, -0.15) is 15.0 Å². The van der Waals surface area contributed by atoms with Gasteiger partial charge in [-0.25, -0.2) is 0 Å². The molecule has 0 amide bonds. The van der Waals surface area contributed by atoms with Crippen LogP contribution in [0.3, 0.4) is 0 Å². The van der Waals surface area contributed by atoms with Gasteiger partial charge in [0.2, 0.25) is 0 Å². The first-order chi connectivity index (χ1) is 13.3. The first-order valence-electron chi connectivity index (χ1n) is 9.66. The second-order valence-electron chi connectivity index (χ2n) is 7.08. The lowest BCUT2D eigenvalue weighted by molar-refractivity contribution is 0.110. The van der Waals surface area contributed by atoms with E-state index in [2.05, 4.69) is 48.6 Å². The van der Waals surface area contributed by atoms with Crippen LogP contribution in [0.2, 0.25) is 0 Å². The Hall–Kier alpha value is -2.50. The maximum atomic E-state index is 5.70. The number of benzene rings is 2. The standard InChI is InChI=1S/C22H26N4O/c1-17-8-5-6-11-19(17)16-26-24-21(15-23-14-20-12-7-13-27-20)22(25-26)18-9-3-2-4-10-18/h2-6,8-11,20,23H,7,12-16H2,1H3/t20-/m1/s1. The van der Waals surface area contributed by atoms with Gasteiger partial charge in [-0.1, -0.05) is 54.6 Å². The second kappa shape index (κ2) is 8.46. The maximum Gasteiger partial charge on any atom is 0.117 e. The van der Waals surface area contributed by atoms with Crippen LogP contribution < -0.4 is 5.32 Å². The van der Waals surface area contributed by atoms with Crippen molar-refractivity contribution in [3.63, 3.8) is 0 Å². The van der Waals surface area contributed by atoms with Gasteiger partial charge in [0.15, 0.2) is 0 Å². The van der Waals surface area contributed by atoms with Crippen molar-refractivity contribution in [3.8, 4) is 11.3 Å². The summed E-state index contributed by atoms with van der Waals surface area (Å²) in [7, 11) is 0. The number of rotatable bonds is 7. The van der Waals surface area contributed by atoms with Gasteiger partial charge < -0.3 is 10.1 Å². The van der Waals surface area contributed by atoms with Crippen LogP contribution in [0.25, 0.3) is 11.3 Å². The highest BCUT2D eigenvalue weighted by atomic mass is 16.5. The van der Waals surface area contributed by atoms with Crippen molar-refractivity contribution >= 4 is 0 Å². The van der Waals surface area contributed by atoms with Gasteiger partial charge >= 0.3 is 0 Å². The molecule has 2 aromatic carbocycles. The molecule has 5 nitrogen and oxygen atoms in total. The highest BCUT2D eigenvalue weighted by Gasteiger charge is 2.17. The molecule has 3 aromatic rings. The van der Waals surface area contributed by atoms with Crippen molar-refractivity contribution < 1.29 is 4.74 Å². The molecule has 1 aliphatic rings. The molecular weight excluding hydrogens is 336 g/mol. The smallest absolute Gasteiger partial charge is 0.117 e. The summed E-state index contributed by atoms with van der Waals surface area (Å²) in [5.74, 6) is 0. The molecule has 0 bridgehead atoms. The van der Waals surface area contributed by atoms with Crippen LogP contribution in [0.4, 0.5) is 0 Å². The van der Waals surface area contributed by atoms with E-state index >= 15 is 0 Å². The van der Waals surface area contributed by atoms with Gasteiger partial charge in [-0.3, -0.25) is 0 Å². The first kappa shape index (κ1) is 17.9. The predicted molar refractivity (Wildman–Crippen MR) is 106 cm³/mol. The van der Waals surface area contributed by atoms with Crippen molar-refractivity contribution in [2.75, 3.05) is 13.2 Å². The summed E-state index contributed by atoms with van der Waals surface area (Å²) in [6, 6.07) is 18.7. The second-order valence-corrected chi connectivity index (χ2v) is 7.08. The van der Waals surface area contributed by atoms with E-state index in [0.29, 0.717) is 19.2 Å². The Morgan fingerprint density at radius 2 is 1.89 bits per heavy atom. The molecule has 27 heavy (non-hydrogen) atoms. The molecule has 1 N–H and O–H groups in total. The summed E-state index contributed by atoms with van der Waals surface area (Å²) in [5, 5.41) is 13.1. The minimum atomic E-state index is 0.326. The van der Waals surface area contributed by atoms with Gasteiger partial charge in [0.25, 0.3) is 0 Å². The Kier molecular flexibility index (Phi) is 5.61. The Morgan fingerprint density at radius 3 is 2.67 bits per heavy atom. The largest absolute Gasteiger partial charge is 0.377 e. The molecule has 1 fully saturated rings. The third kappa shape index (κ3) is 4.43. The summed E-state index contributed by atoms with van der Waals surface area (Å²) < 4.78 is 5.70. The molecule has 5 heteroatoms. The van der Waals surface area contributed by atoms with Crippen LogP contribution in [0.15, 0.2) is 54.6 Å². The highest BCUT2D eigenvalue weighted by Crippen LogP contribution is 2.21. The number of hydrogen-bond acceptors (Lipinski definition) is 4. The average Bonchev–Trinajstić information content (AvgIpc) is 3.35. The lowest BCUT2D eigenvalue weighted by atomic mass is 10.1. The van der Waals surface area contributed by atoms with E-state index in [1.54, 1.807) is 0 Å². The van der Waals surface area contributed by atoms with E-state index in [0.717, 1.165) is 42.9 Å². The quantitative estimate of drug-likeness (QED) is 0.698. The average molecular weight is 362 g/mol. The molecule has 0 saturated carbocycles. The molecule has 1 saturated heterocycles. The van der Waals surface area contributed by atoms with Gasteiger partial charge in [0, 0.05) is 25.3 Å². The van der Waals surface area contributed by atoms with Gasteiger partial charge in [-0.15, -0.1) is 0 Å². The summed E-state index contributed by atoms with van der Waals surface area (Å²) >= 11 is 0. The fourth-order valence-corrected chi connectivity index (χ4v) is 3.49. The van der Waals surface area contributed by atoms with Gasteiger partial charge in [0.05, 0.1) is 12.6 Å². The van der Waals surface area contributed by atoms with Crippen molar-refractivity contribution in [1.29, 1.82) is 0 Å². The zero-order valence-corrected chi connectivity index (χ0v) is 15.8. The Morgan fingerprint density at radius 1 is 1.07 bits per heavy atom. The molecule has 0 unspecified atom stereocenters. The third-order valence-electron chi connectivity index (χ3n) is 5.03. The number of nitrogens with zero attached hydrogens (tertiary/aromatic N) is 3. The van der Waals surface area contributed by atoms with Gasteiger partial charge in [-0.05, 0) is 30.9 Å². The molecule has 0 spiro atoms. The van der Waals surface area contributed by atoms with Gasteiger partial charge in [0.1, 0.15) is 11.4 Å². The number of aromatic nitrogens is 3. The van der Waals surface area contributed by atoms with Crippen LogP contribution in [0.1, 0.15) is 29.7 Å². The number of nitrogens with one attached hydrogen (secondary N) is 1. The van der Waals surface area contributed by atoms with Crippen LogP contribution in [-0.2, 0) is 17.8 Å². The van der Waals surface area contributed by atoms with Crippen LogP contribution in [0.5, 0.6) is 0 Å². The van der Waals surface area contributed by atoms with Crippen molar-refractivity contribution in [2.24, 2.45) is 0 Å². The van der Waals surface area contributed by atoms with Crippen molar-refractivity contribution in [2.45, 2.75) is 39.0 Å². The summed E-state index contributed by atoms with van der Waals surface area (Å²) in [5.41, 5.74) is 5.53. The molecule has 1 aromatic heterocycles. The molecule has 4 rings (SSSR count). The summed E-state index contributed by atoms with van der Waals surface area (Å²) in [6.45, 7) is 5.24. The molecule has 0 radical (unpaired) electrons. The van der Waals surface area contributed by atoms with E-state index in [1.165, 1.54) is 11.1 Å². The molecule has 140 valence electrons. The lowest BCUT2D eigenvalue weighted by Gasteiger charge is -2.10. The van der Waals surface area contributed by atoms with Crippen molar-refractivity contribution in [1.82, 2.24) is 20.3 Å². The van der Waals surface area contributed by atoms with E-state index in [1.807, 2.05) is 23.0 Å². The lowest BCUT2D eigenvalue weighted by Crippen LogP contribution is -2.26. The predicted octanol–water partition coefficient (Wildman–Crippen LogP) is 3.57. The molecule has 1 atom stereocenters. The third-order valence-corrected chi connectivity index (χ3v) is 5.03. The van der Waals surface area contributed by atoms with E-state index < -0.39 is 0 Å². The molecular formula is C22H26N4O. The Bertz CT molecular complexity index is 869. The van der Waals surface area contributed by atoms with E-state index in [9.17, 15) is 0 Å². The minimum absolute atomic E-state index is 0.326. The van der Waals surface area contributed by atoms with E-state index in [4.69, 9.17) is 14.9 Å². The fraction of sp³-hybridized carbons (Fsp3) is 0.364. The monoisotopic (exact) mass is 362 g/mol. The Balaban J connectivity index is 1.54. The minimum Gasteiger partial charge on any atom is -0.377 e. The van der Waals surface area contributed by atoms with E-state index in [-0.39, 0.29) is 0 Å². The zero-order valence-electron chi connectivity index (χ0n) is 15.8. The van der Waals surface area contributed by atoms with Crippen LogP contribution in [0, 0.1) is 6.92 Å². The van der Waals surface area contributed by atoms with Crippen molar-refractivity contribution in [3.05, 3.63) is 71.4 Å². The Labute approximate surface area is 160 Å². The first-order valence-corrected chi connectivity index (χ1v) is 9.66.